The highest BCUT2D eigenvalue weighted by Gasteiger charge is 2.38. The van der Waals surface area contributed by atoms with E-state index in [2.05, 4.69) is 4.90 Å². The zero-order valence-corrected chi connectivity index (χ0v) is 13.1. The molecule has 1 saturated carbocycles. The summed E-state index contributed by atoms with van der Waals surface area (Å²) in [4.78, 5) is 30.5. The molecule has 3 rings (SSSR count). The number of hydrogen-bond acceptors (Lipinski definition) is 3. The standard InChI is InChI=1S/C16H27N3O2/c1-2-15(20)19-11-13(12-19)16(21)18-8-4-7-17(9-10-18)14-5-3-6-14/h13-14H,2-12H2,1H3. The molecule has 0 aromatic rings. The first kappa shape index (κ1) is 14.8. The minimum atomic E-state index is 0.0516. The molecule has 2 saturated heterocycles. The third-order valence-electron chi connectivity index (χ3n) is 5.32. The van der Waals surface area contributed by atoms with Gasteiger partial charge in [0.05, 0.1) is 5.92 Å². The van der Waals surface area contributed by atoms with Crippen LogP contribution in [-0.4, -0.2) is 71.8 Å². The van der Waals surface area contributed by atoms with Gasteiger partial charge in [-0.05, 0) is 19.3 Å². The third kappa shape index (κ3) is 3.07. The minimum absolute atomic E-state index is 0.0516. The molecule has 118 valence electrons. The average Bonchev–Trinajstić information content (AvgIpc) is 2.60. The van der Waals surface area contributed by atoms with Crippen LogP contribution < -0.4 is 0 Å². The minimum Gasteiger partial charge on any atom is -0.341 e. The monoisotopic (exact) mass is 293 g/mol. The highest BCUT2D eigenvalue weighted by Crippen LogP contribution is 2.26. The number of hydrogen-bond donors (Lipinski definition) is 0. The van der Waals surface area contributed by atoms with E-state index in [9.17, 15) is 9.59 Å². The van der Waals surface area contributed by atoms with Crippen LogP contribution in [-0.2, 0) is 9.59 Å². The molecule has 3 aliphatic rings. The van der Waals surface area contributed by atoms with Crippen molar-refractivity contribution in [3.8, 4) is 0 Å². The Morgan fingerprint density at radius 1 is 0.952 bits per heavy atom. The fraction of sp³-hybridized carbons (Fsp3) is 0.875. The molecule has 0 bridgehead atoms. The van der Waals surface area contributed by atoms with Crippen molar-refractivity contribution >= 4 is 11.8 Å². The van der Waals surface area contributed by atoms with Crippen molar-refractivity contribution in [2.45, 2.75) is 45.1 Å². The van der Waals surface area contributed by atoms with Crippen molar-refractivity contribution in [3.05, 3.63) is 0 Å². The molecule has 0 unspecified atom stereocenters. The largest absolute Gasteiger partial charge is 0.341 e. The van der Waals surface area contributed by atoms with Crippen LogP contribution in [0.15, 0.2) is 0 Å². The second-order valence-corrected chi connectivity index (χ2v) is 6.65. The zero-order chi connectivity index (χ0) is 14.8. The SMILES string of the molecule is CCC(=O)N1CC(C(=O)N2CCCN(C3CCC3)CC2)C1. The fourth-order valence-electron chi connectivity index (χ4n) is 3.60. The lowest BCUT2D eigenvalue weighted by Gasteiger charge is -2.40. The van der Waals surface area contributed by atoms with Gasteiger partial charge in [-0.25, -0.2) is 0 Å². The van der Waals surface area contributed by atoms with Crippen LogP contribution in [0.2, 0.25) is 0 Å². The quantitative estimate of drug-likeness (QED) is 0.778. The molecular formula is C16H27N3O2. The molecule has 5 heteroatoms. The summed E-state index contributed by atoms with van der Waals surface area (Å²) in [5.41, 5.74) is 0. The van der Waals surface area contributed by atoms with Crippen LogP contribution in [0.3, 0.4) is 0 Å². The first-order chi connectivity index (χ1) is 10.2. The van der Waals surface area contributed by atoms with Gasteiger partial charge in [0.25, 0.3) is 0 Å². The second-order valence-electron chi connectivity index (χ2n) is 6.65. The summed E-state index contributed by atoms with van der Waals surface area (Å²) in [5.74, 6) is 0.493. The Labute approximate surface area is 127 Å². The van der Waals surface area contributed by atoms with Crippen LogP contribution in [0.1, 0.15) is 39.0 Å². The van der Waals surface area contributed by atoms with Gasteiger partial charge in [-0.15, -0.1) is 0 Å². The molecule has 2 aliphatic heterocycles. The molecule has 3 fully saturated rings. The maximum absolute atomic E-state index is 12.5. The molecule has 0 aromatic carbocycles. The summed E-state index contributed by atoms with van der Waals surface area (Å²) in [6.07, 6.45) is 5.68. The van der Waals surface area contributed by atoms with Crippen molar-refractivity contribution in [2.75, 3.05) is 39.3 Å². The summed E-state index contributed by atoms with van der Waals surface area (Å²) in [7, 11) is 0. The Bertz CT molecular complexity index is 402. The van der Waals surface area contributed by atoms with Gasteiger partial charge in [0.15, 0.2) is 0 Å². The lowest BCUT2D eigenvalue weighted by atomic mass is 9.91. The molecule has 0 N–H and O–H groups in total. The smallest absolute Gasteiger partial charge is 0.229 e. The maximum atomic E-state index is 12.5. The fourth-order valence-corrected chi connectivity index (χ4v) is 3.60. The van der Waals surface area contributed by atoms with Gasteiger partial charge in [-0.3, -0.25) is 14.5 Å². The predicted molar refractivity (Wildman–Crippen MR) is 80.8 cm³/mol. The molecule has 0 aromatic heterocycles. The number of amides is 2. The van der Waals surface area contributed by atoms with Crippen LogP contribution in [0.25, 0.3) is 0 Å². The molecule has 0 radical (unpaired) electrons. The highest BCUT2D eigenvalue weighted by atomic mass is 16.2. The topological polar surface area (TPSA) is 43.9 Å². The molecular weight excluding hydrogens is 266 g/mol. The van der Waals surface area contributed by atoms with E-state index >= 15 is 0 Å². The van der Waals surface area contributed by atoms with E-state index in [1.165, 1.54) is 19.3 Å². The average molecular weight is 293 g/mol. The van der Waals surface area contributed by atoms with Gasteiger partial charge >= 0.3 is 0 Å². The number of nitrogens with zero attached hydrogens (tertiary/aromatic N) is 3. The zero-order valence-electron chi connectivity index (χ0n) is 13.1. The summed E-state index contributed by atoms with van der Waals surface area (Å²) < 4.78 is 0. The first-order valence-electron chi connectivity index (χ1n) is 8.49. The highest BCUT2D eigenvalue weighted by molar-refractivity contribution is 5.84. The van der Waals surface area contributed by atoms with Crippen LogP contribution in [0.4, 0.5) is 0 Å². The van der Waals surface area contributed by atoms with Gasteiger partial charge in [-0.2, -0.15) is 0 Å². The predicted octanol–water partition coefficient (Wildman–Crippen LogP) is 0.942. The van der Waals surface area contributed by atoms with Gasteiger partial charge in [0.1, 0.15) is 0 Å². The van der Waals surface area contributed by atoms with E-state index in [0.717, 1.165) is 38.6 Å². The normalized spacial score (nSPS) is 25.2. The van der Waals surface area contributed by atoms with E-state index in [-0.39, 0.29) is 17.7 Å². The Balaban J connectivity index is 1.46. The Morgan fingerprint density at radius 2 is 1.71 bits per heavy atom. The van der Waals surface area contributed by atoms with E-state index in [1.807, 2.05) is 11.8 Å². The third-order valence-corrected chi connectivity index (χ3v) is 5.32. The van der Waals surface area contributed by atoms with E-state index < -0.39 is 0 Å². The summed E-state index contributed by atoms with van der Waals surface area (Å²) in [6.45, 7) is 7.07. The molecule has 5 nitrogen and oxygen atoms in total. The van der Waals surface area contributed by atoms with Crippen LogP contribution in [0, 0.1) is 5.92 Å². The Hall–Kier alpha value is -1.10. The van der Waals surface area contributed by atoms with Crippen molar-refractivity contribution in [3.63, 3.8) is 0 Å². The van der Waals surface area contributed by atoms with Crippen molar-refractivity contribution < 1.29 is 9.59 Å². The number of carbonyl (C=O) groups excluding carboxylic acids is 2. The van der Waals surface area contributed by atoms with Gasteiger partial charge < -0.3 is 9.80 Å². The van der Waals surface area contributed by atoms with Crippen LogP contribution >= 0.6 is 0 Å². The Morgan fingerprint density at radius 3 is 2.33 bits per heavy atom. The lowest BCUT2D eigenvalue weighted by molar-refractivity contribution is -0.148. The number of carbonyl (C=O) groups is 2. The lowest BCUT2D eigenvalue weighted by Crippen LogP contribution is -2.56. The van der Waals surface area contributed by atoms with E-state index in [4.69, 9.17) is 0 Å². The summed E-state index contributed by atoms with van der Waals surface area (Å²) >= 11 is 0. The van der Waals surface area contributed by atoms with Gasteiger partial charge in [0, 0.05) is 51.7 Å². The second kappa shape index (κ2) is 6.34. The summed E-state index contributed by atoms with van der Waals surface area (Å²) in [5, 5.41) is 0. The molecule has 21 heavy (non-hydrogen) atoms. The molecule has 0 spiro atoms. The van der Waals surface area contributed by atoms with E-state index in [1.54, 1.807) is 4.90 Å². The molecule has 1 aliphatic carbocycles. The molecule has 2 heterocycles. The van der Waals surface area contributed by atoms with Crippen molar-refractivity contribution in [1.29, 1.82) is 0 Å². The van der Waals surface area contributed by atoms with Gasteiger partial charge in [0.2, 0.25) is 11.8 Å². The van der Waals surface area contributed by atoms with Crippen molar-refractivity contribution in [1.82, 2.24) is 14.7 Å². The van der Waals surface area contributed by atoms with Crippen LogP contribution in [0.5, 0.6) is 0 Å². The molecule has 0 atom stereocenters. The first-order valence-corrected chi connectivity index (χ1v) is 8.49. The van der Waals surface area contributed by atoms with E-state index in [0.29, 0.717) is 19.5 Å². The summed E-state index contributed by atoms with van der Waals surface area (Å²) in [6, 6.07) is 0.779. The Kier molecular flexibility index (Phi) is 4.48. The number of rotatable bonds is 3. The molecule has 2 amide bonds. The number of likely N-dealkylation sites (tertiary alicyclic amines) is 1. The van der Waals surface area contributed by atoms with Crippen molar-refractivity contribution in [2.24, 2.45) is 5.92 Å². The van der Waals surface area contributed by atoms with Gasteiger partial charge in [-0.1, -0.05) is 13.3 Å². The maximum Gasteiger partial charge on any atom is 0.229 e.